The number of carbonyl (C=O) groups excluding carboxylic acids is 1. The van der Waals surface area contributed by atoms with Crippen LogP contribution in [0.4, 0.5) is 4.79 Å². The zero-order chi connectivity index (χ0) is 16.1. The first-order valence-electron chi connectivity index (χ1n) is 7.24. The molecule has 0 aromatic carbocycles. The van der Waals surface area contributed by atoms with Crippen LogP contribution in [-0.2, 0) is 22.6 Å². The molecule has 3 N–H and O–H groups in total. The normalized spacial score (nSPS) is 24.7. The fourth-order valence-corrected chi connectivity index (χ4v) is 2.31. The summed E-state index contributed by atoms with van der Waals surface area (Å²) >= 11 is 0. The Hall–Kier alpha value is -1.71. The number of amides is 2. The molecule has 22 heavy (non-hydrogen) atoms. The molecule has 3 atom stereocenters. The summed E-state index contributed by atoms with van der Waals surface area (Å²) in [6.45, 7) is 4.68. The van der Waals surface area contributed by atoms with Crippen LogP contribution in [0, 0.1) is 0 Å². The number of hydrogen-bond donors (Lipinski definition) is 3. The molecule has 0 bridgehead atoms. The van der Waals surface area contributed by atoms with E-state index in [1.54, 1.807) is 18.0 Å². The predicted octanol–water partition coefficient (Wildman–Crippen LogP) is -0.740. The molecule has 9 nitrogen and oxygen atoms in total. The molecule has 0 aliphatic carbocycles. The third-order valence-electron chi connectivity index (χ3n) is 3.26. The number of rotatable bonds is 6. The zero-order valence-electron chi connectivity index (χ0n) is 13.0. The van der Waals surface area contributed by atoms with Gasteiger partial charge in [0.25, 0.3) is 0 Å². The minimum absolute atomic E-state index is 0.0184. The van der Waals surface area contributed by atoms with Crippen molar-refractivity contribution in [3.63, 3.8) is 0 Å². The lowest BCUT2D eigenvalue weighted by atomic mass is 10.1. The first-order valence-corrected chi connectivity index (χ1v) is 7.24. The van der Waals surface area contributed by atoms with Crippen molar-refractivity contribution in [2.45, 2.75) is 51.3 Å². The number of aliphatic hydroxyl groups excluding tert-OH is 1. The third kappa shape index (κ3) is 4.39. The SMILES string of the molecule is COCc1cn(C[C@H]2OC[C@H](O)[C@H]2NC(=O)NC(C)C)nn1. The fourth-order valence-electron chi connectivity index (χ4n) is 2.31. The van der Waals surface area contributed by atoms with Gasteiger partial charge in [-0.15, -0.1) is 5.10 Å². The number of methoxy groups -OCH3 is 1. The summed E-state index contributed by atoms with van der Waals surface area (Å²) in [6.07, 6.45) is 0.637. The summed E-state index contributed by atoms with van der Waals surface area (Å²) in [7, 11) is 1.59. The van der Waals surface area contributed by atoms with Gasteiger partial charge < -0.3 is 25.2 Å². The highest BCUT2D eigenvalue weighted by molar-refractivity contribution is 5.74. The molecule has 2 rings (SSSR count). The van der Waals surface area contributed by atoms with Gasteiger partial charge in [-0.2, -0.15) is 0 Å². The van der Waals surface area contributed by atoms with Crippen molar-refractivity contribution in [3.8, 4) is 0 Å². The lowest BCUT2D eigenvalue weighted by molar-refractivity contribution is 0.0746. The van der Waals surface area contributed by atoms with Crippen LogP contribution < -0.4 is 10.6 Å². The van der Waals surface area contributed by atoms with Gasteiger partial charge in [-0.1, -0.05) is 5.21 Å². The smallest absolute Gasteiger partial charge is 0.315 e. The van der Waals surface area contributed by atoms with E-state index in [1.807, 2.05) is 13.8 Å². The molecule has 1 saturated heterocycles. The molecular weight excluding hydrogens is 290 g/mol. The van der Waals surface area contributed by atoms with Crippen LogP contribution in [0.2, 0.25) is 0 Å². The standard InChI is InChI=1S/C13H23N5O4/c1-8(2)14-13(20)15-12-10(19)7-22-11(12)5-18-4-9(6-21-3)16-17-18/h4,8,10-12,19H,5-7H2,1-3H3,(H2,14,15,20)/t10-,11+,12+/m0/s1. The van der Waals surface area contributed by atoms with Gasteiger partial charge in [0.2, 0.25) is 0 Å². The van der Waals surface area contributed by atoms with Gasteiger partial charge in [0.1, 0.15) is 17.9 Å². The van der Waals surface area contributed by atoms with E-state index in [2.05, 4.69) is 20.9 Å². The van der Waals surface area contributed by atoms with Crippen LogP contribution in [0.15, 0.2) is 6.20 Å². The van der Waals surface area contributed by atoms with Crippen LogP contribution >= 0.6 is 0 Å². The molecule has 0 radical (unpaired) electrons. The number of nitrogens with one attached hydrogen (secondary N) is 2. The summed E-state index contributed by atoms with van der Waals surface area (Å²) in [5.41, 5.74) is 0.711. The number of aromatic nitrogens is 3. The Morgan fingerprint density at radius 1 is 1.64 bits per heavy atom. The van der Waals surface area contributed by atoms with Crippen LogP contribution in [0.3, 0.4) is 0 Å². The third-order valence-corrected chi connectivity index (χ3v) is 3.26. The van der Waals surface area contributed by atoms with Crippen molar-refractivity contribution in [2.24, 2.45) is 0 Å². The quantitative estimate of drug-likeness (QED) is 0.638. The van der Waals surface area contributed by atoms with E-state index < -0.39 is 12.1 Å². The fraction of sp³-hybridized carbons (Fsp3) is 0.769. The minimum Gasteiger partial charge on any atom is -0.388 e. The summed E-state index contributed by atoms with van der Waals surface area (Å²) in [5.74, 6) is 0. The van der Waals surface area contributed by atoms with Gasteiger partial charge in [0, 0.05) is 13.2 Å². The Bertz CT molecular complexity index is 493. The van der Waals surface area contributed by atoms with Crippen LogP contribution in [-0.4, -0.2) is 64.1 Å². The molecule has 2 amide bonds. The van der Waals surface area contributed by atoms with E-state index in [1.165, 1.54) is 0 Å². The second-order valence-electron chi connectivity index (χ2n) is 5.60. The summed E-state index contributed by atoms with van der Waals surface area (Å²) in [5, 5.41) is 23.4. The number of aliphatic hydroxyl groups is 1. The van der Waals surface area contributed by atoms with Crippen molar-refractivity contribution < 1.29 is 19.4 Å². The van der Waals surface area contributed by atoms with Crippen LogP contribution in [0.25, 0.3) is 0 Å². The lowest BCUT2D eigenvalue weighted by Gasteiger charge is -2.22. The largest absolute Gasteiger partial charge is 0.388 e. The summed E-state index contributed by atoms with van der Waals surface area (Å²) in [4.78, 5) is 11.8. The van der Waals surface area contributed by atoms with Gasteiger partial charge in [0.15, 0.2) is 0 Å². The Labute approximate surface area is 129 Å². The highest BCUT2D eigenvalue weighted by atomic mass is 16.5. The summed E-state index contributed by atoms with van der Waals surface area (Å²) in [6, 6.07) is -0.799. The number of ether oxygens (including phenoxy) is 2. The van der Waals surface area contributed by atoms with Crippen molar-refractivity contribution in [2.75, 3.05) is 13.7 Å². The average Bonchev–Trinajstić information content (AvgIpc) is 3.00. The van der Waals surface area contributed by atoms with Crippen LogP contribution in [0.5, 0.6) is 0 Å². The van der Waals surface area contributed by atoms with Crippen molar-refractivity contribution in [3.05, 3.63) is 11.9 Å². The molecule has 124 valence electrons. The van der Waals surface area contributed by atoms with Crippen LogP contribution in [0.1, 0.15) is 19.5 Å². The monoisotopic (exact) mass is 313 g/mol. The zero-order valence-corrected chi connectivity index (χ0v) is 13.0. The summed E-state index contributed by atoms with van der Waals surface area (Å²) < 4.78 is 12.1. The second kappa shape index (κ2) is 7.52. The van der Waals surface area contributed by atoms with E-state index in [-0.39, 0.29) is 24.8 Å². The molecule has 1 aromatic rings. The van der Waals surface area contributed by atoms with Gasteiger partial charge >= 0.3 is 6.03 Å². The highest BCUT2D eigenvalue weighted by Crippen LogP contribution is 2.16. The molecule has 2 heterocycles. The minimum atomic E-state index is -0.745. The van der Waals surface area contributed by atoms with E-state index >= 15 is 0 Å². The molecular formula is C13H23N5O4. The van der Waals surface area contributed by atoms with Crippen molar-refractivity contribution >= 4 is 6.03 Å². The molecule has 0 saturated carbocycles. The molecule has 0 unspecified atom stereocenters. The molecule has 1 aromatic heterocycles. The van der Waals surface area contributed by atoms with E-state index in [4.69, 9.17) is 9.47 Å². The van der Waals surface area contributed by atoms with Crippen molar-refractivity contribution in [1.29, 1.82) is 0 Å². The molecule has 1 aliphatic rings. The van der Waals surface area contributed by atoms with E-state index in [0.29, 0.717) is 18.8 Å². The Morgan fingerprint density at radius 3 is 3.09 bits per heavy atom. The number of urea groups is 1. The average molecular weight is 313 g/mol. The Balaban J connectivity index is 1.94. The van der Waals surface area contributed by atoms with E-state index in [0.717, 1.165) is 0 Å². The maximum absolute atomic E-state index is 11.8. The topological polar surface area (TPSA) is 111 Å². The molecule has 9 heteroatoms. The second-order valence-corrected chi connectivity index (χ2v) is 5.60. The number of hydrogen-bond acceptors (Lipinski definition) is 6. The Morgan fingerprint density at radius 2 is 2.41 bits per heavy atom. The van der Waals surface area contributed by atoms with Gasteiger partial charge in [-0.3, -0.25) is 0 Å². The van der Waals surface area contributed by atoms with E-state index in [9.17, 15) is 9.90 Å². The van der Waals surface area contributed by atoms with Crippen molar-refractivity contribution in [1.82, 2.24) is 25.6 Å². The maximum Gasteiger partial charge on any atom is 0.315 e. The molecule has 1 aliphatic heterocycles. The lowest BCUT2D eigenvalue weighted by Crippen LogP contribution is -2.52. The maximum atomic E-state index is 11.8. The first kappa shape index (κ1) is 16.7. The predicted molar refractivity (Wildman–Crippen MR) is 77.1 cm³/mol. The van der Waals surface area contributed by atoms with Gasteiger partial charge in [-0.05, 0) is 13.8 Å². The molecule has 0 spiro atoms. The Kier molecular flexibility index (Phi) is 5.69. The highest BCUT2D eigenvalue weighted by Gasteiger charge is 2.37. The number of nitrogens with zero attached hydrogens (tertiary/aromatic N) is 3. The first-order chi connectivity index (χ1) is 10.5. The van der Waals surface area contributed by atoms with Gasteiger partial charge in [-0.25, -0.2) is 9.48 Å². The molecule has 1 fully saturated rings. The van der Waals surface area contributed by atoms with Gasteiger partial charge in [0.05, 0.1) is 32.0 Å². The number of carbonyl (C=O) groups is 1.